The molecule has 0 spiro atoms. The Bertz CT molecular complexity index is 3410. The maximum atomic E-state index is 5.45. The molecule has 0 radical (unpaired) electrons. The van der Waals surface area contributed by atoms with Crippen LogP contribution in [0.1, 0.15) is 16.8 Å². The summed E-state index contributed by atoms with van der Waals surface area (Å²) in [5.74, 6) is 0.677. The molecule has 4 nitrogen and oxygen atoms in total. The Hall–Kier alpha value is -7.56. The van der Waals surface area contributed by atoms with Crippen molar-refractivity contribution in [3.05, 3.63) is 205 Å². The van der Waals surface area contributed by atoms with Gasteiger partial charge >= 0.3 is 0 Å². The SMILES string of the molecule is C1=C(c2ccccc2)Cc2c1nc(-n1c3ccc(-c4ccc5c(c4)c4ccccc4n5-c4ccccc4)cc3c3c4ccccc4ccc31)nc2-c1ccccc1. The molecule has 1 aliphatic carbocycles. The molecular formula is C53H34N4. The standard InChI is InChI=1S/C53H34N4/c1-4-14-34(15-5-1)39-32-44-46(33-39)54-53(55-52(44)36-17-6-2-7-18-36)57-49-28-26-38(31-45(49)51-41-21-11-10-16-35(41)24-29-50(51)57)37-25-27-48-43(30-37)42-22-12-13-23-47(42)56(48)40-19-8-3-9-20-40/h1-31,33H,32H2. The van der Waals surface area contributed by atoms with Gasteiger partial charge in [0, 0.05) is 44.8 Å². The van der Waals surface area contributed by atoms with Crippen molar-refractivity contribution in [2.24, 2.45) is 0 Å². The van der Waals surface area contributed by atoms with Gasteiger partial charge in [0.25, 0.3) is 0 Å². The third-order valence-electron chi connectivity index (χ3n) is 11.8. The number of fused-ring (bicyclic) bond motifs is 9. The summed E-state index contributed by atoms with van der Waals surface area (Å²) in [7, 11) is 0. The predicted octanol–water partition coefficient (Wildman–Crippen LogP) is 13.3. The summed E-state index contributed by atoms with van der Waals surface area (Å²) in [6, 6.07) is 67.6. The monoisotopic (exact) mass is 726 g/mol. The fraction of sp³-hybridized carbons (Fsp3) is 0.0189. The van der Waals surface area contributed by atoms with Gasteiger partial charge in [0.1, 0.15) is 0 Å². The lowest BCUT2D eigenvalue weighted by Crippen LogP contribution is -2.06. The van der Waals surface area contributed by atoms with E-state index < -0.39 is 0 Å². The molecular weight excluding hydrogens is 693 g/mol. The van der Waals surface area contributed by atoms with Crippen LogP contribution in [0, 0.1) is 0 Å². The molecule has 3 heterocycles. The number of allylic oxidation sites excluding steroid dienone is 1. The first-order chi connectivity index (χ1) is 28.3. The number of rotatable bonds is 5. The van der Waals surface area contributed by atoms with E-state index in [0.717, 1.165) is 40.1 Å². The average Bonchev–Trinajstić information content (AvgIpc) is 3.97. The summed E-state index contributed by atoms with van der Waals surface area (Å²) < 4.78 is 4.65. The van der Waals surface area contributed by atoms with Crippen molar-refractivity contribution in [1.29, 1.82) is 0 Å². The van der Waals surface area contributed by atoms with E-state index in [1.165, 1.54) is 71.2 Å². The van der Waals surface area contributed by atoms with Crippen LogP contribution in [0.2, 0.25) is 0 Å². The number of aromatic nitrogens is 4. The Morgan fingerprint density at radius 1 is 0.404 bits per heavy atom. The lowest BCUT2D eigenvalue weighted by molar-refractivity contribution is 0.972. The van der Waals surface area contributed by atoms with Crippen LogP contribution in [0.25, 0.3) is 100 Å². The molecule has 266 valence electrons. The molecule has 0 aliphatic heterocycles. The molecule has 11 aromatic rings. The van der Waals surface area contributed by atoms with E-state index >= 15 is 0 Å². The summed E-state index contributed by atoms with van der Waals surface area (Å²) >= 11 is 0. The van der Waals surface area contributed by atoms with Crippen LogP contribution in [-0.4, -0.2) is 19.1 Å². The highest BCUT2D eigenvalue weighted by Gasteiger charge is 2.25. The molecule has 0 atom stereocenters. The first-order valence-electron chi connectivity index (χ1n) is 19.5. The van der Waals surface area contributed by atoms with Crippen LogP contribution in [0.4, 0.5) is 0 Å². The van der Waals surface area contributed by atoms with E-state index in [2.05, 4.69) is 203 Å². The van der Waals surface area contributed by atoms with Gasteiger partial charge in [0.05, 0.1) is 33.5 Å². The quantitative estimate of drug-likeness (QED) is 0.177. The summed E-state index contributed by atoms with van der Waals surface area (Å²) in [5.41, 5.74) is 14.8. The smallest absolute Gasteiger partial charge is 0.235 e. The largest absolute Gasteiger partial charge is 0.309 e. The topological polar surface area (TPSA) is 35.6 Å². The minimum atomic E-state index is 0.677. The van der Waals surface area contributed by atoms with Gasteiger partial charge in [-0.2, -0.15) is 0 Å². The van der Waals surface area contributed by atoms with Gasteiger partial charge in [-0.15, -0.1) is 0 Å². The minimum Gasteiger partial charge on any atom is -0.309 e. The van der Waals surface area contributed by atoms with E-state index in [4.69, 9.17) is 9.97 Å². The Kier molecular flexibility index (Phi) is 6.96. The lowest BCUT2D eigenvalue weighted by atomic mass is 9.99. The molecule has 1 aliphatic rings. The lowest BCUT2D eigenvalue weighted by Gasteiger charge is -2.13. The van der Waals surface area contributed by atoms with Gasteiger partial charge in [0.2, 0.25) is 5.95 Å². The maximum absolute atomic E-state index is 5.45. The van der Waals surface area contributed by atoms with Crippen molar-refractivity contribution < 1.29 is 0 Å². The number of nitrogens with zero attached hydrogens (tertiary/aromatic N) is 4. The number of para-hydroxylation sites is 2. The molecule has 57 heavy (non-hydrogen) atoms. The van der Waals surface area contributed by atoms with E-state index in [-0.39, 0.29) is 0 Å². The first-order valence-corrected chi connectivity index (χ1v) is 19.5. The second-order valence-electron chi connectivity index (χ2n) is 15.0. The van der Waals surface area contributed by atoms with E-state index in [1.54, 1.807) is 0 Å². The molecule has 4 heteroatoms. The second-order valence-corrected chi connectivity index (χ2v) is 15.0. The van der Waals surface area contributed by atoms with Crippen LogP contribution in [0.15, 0.2) is 188 Å². The highest BCUT2D eigenvalue weighted by Crippen LogP contribution is 2.42. The molecule has 0 amide bonds. The van der Waals surface area contributed by atoms with Crippen molar-refractivity contribution in [1.82, 2.24) is 19.1 Å². The minimum absolute atomic E-state index is 0.677. The van der Waals surface area contributed by atoms with Gasteiger partial charge in [-0.25, -0.2) is 9.97 Å². The number of hydrogen-bond donors (Lipinski definition) is 0. The Balaban J connectivity index is 1.09. The second kappa shape index (κ2) is 12.5. The van der Waals surface area contributed by atoms with E-state index in [9.17, 15) is 0 Å². The van der Waals surface area contributed by atoms with Gasteiger partial charge in [-0.1, -0.05) is 140 Å². The highest BCUT2D eigenvalue weighted by molar-refractivity contribution is 6.22. The van der Waals surface area contributed by atoms with Crippen LogP contribution in [0.5, 0.6) is 0 Å². The zero-order chi connectivity index (χ0) is 37.5. The molecule has 0 saturated heterocycles. The van der Waals surface area contributed by atoms with Crippen molar-refractivity contribution in [3.63, 3.8) is 0 Å². The fourth-order valence-electron chi connectivity index (χ4n) is 9.15. The molecule has 12 rings (SSSR count). The summed E-state index contributed by atoms with van der Waals surface area (Å²) in [5, 5.41) is 7.29. The molecule has 0 N–H and O–H groups in total. The summed E-state index contributed by atoms with van der Waals surface area (Å²) in [6.07, 6.45) is 3.05. The normalized spacial score (nSPS) is 12.6. The average molecular weight is 727 g/mol. The van der Waals surface area contributed by atoms with Crippen LogP contribution in [0.3, 0.4) is 0 Å². The van der Waals surface area contributed by atoms with Gasteiger partial charge in [0.15, 0.2) is 0 Å². The molecule has 0 saturated carbocycles. The number of benzene rings is 8. The van der Waals surface area contributed by atoms with Gasteiger partial charge < -0.3 is 4.57 Å². The Morgan fingerprint density at radius 2 is 1.00 bits per heavy atom. The fourth-order valence-corrected chi connectivity index (χ4v) is 9.15. The van der Waals surface area contributed by atoms with Gasteiger partial charge in [-0.3, -0.25) is 4.57 Å². The molecule has 0 bridgehead atoms. The maximum Gasteiger partial charge on any atom is 0.235 e. The van der Waals surface area contributed by atoms with Crippen molar-refractivity contribution in [2.75, 3.05) is 0 Å². The van der Waals surface area contributed by atoms with Crippen molar-refractivity contribution >= 4 is 66.0 Å². The molecule has 0 fully saturated rings. The highest BCUT2D eigenvalue weighted by atomic mass is 15.2. The zero-order valence-electron chi connectivity index (χ0n) is 31.0. The molecule has 8 aromatic carbocycles. The summed E-state index contributed by atoms with van der Waals surface area (Å²) in [4.78, 5) is 10.8. The van der Waals surface area contributed by atoms with E-state index in [1.807, 2.05) is 0 Å². The third-order valence-corrected chi connectivity index (χ3v) is 11.8. The van der Waals surface area contributed by atoms with Crippen molar-refractivity contribution in [3.8, 4) is 34.0 Å². The van der Waals surface area contributed by atoms with Crippen molar-refractivity contribution in [2.45, 2.75) is 6.42 Å². The Morgan fingerprint density at radius 3 is 1.77 bits per heavy atom. The van der Waals surface area contributed by atoms with Crippen LogP contribution >= 0.6 is 0 Å². The first kappa shape index (κ1) is 31.8. The predicted molar refractivity (Wildman–Crippen MR) is 237 cm³/mol. The van der Waals surface area contributed by atoms with Gasteiger partial charge in [-0.05, 0) is 87.6 Å². The van der Waals surface area contributed by atoms with Crippen LogP contribution < -0.4 is 0 Å². The number of hydrogen-bond acceptors (Lipinski definition) is 2. The zero-order valence-corrected chi connectivity index (χ0v) is 31.0. The molecule has 3 aromatic heterocycles. The summed E-state index contributed by atoms with van der Waals surface area (Å²) in [6.45, 7) is 0. The Labute approximate surface area is 329 Å². The van der Waals surface area contributed by atoms with Crippen LogP contribution in [-0.2, 0) is 6.42 Å². The van der Waals surface area contributed by atoms with E-state index in [0.29, 0.717) is 5.95 Å². The molecule has 0 unspecified atom stereocenters. The third kappa shape index (κ3) is 4.94.